The minimum atomic E-state index is -1.23. The second-order valence-electron chi connectivity index (χ2n) is 33.1. The molecule has 2 aliphatic rings. The maximum absolute atomic E-state index is 12.4. The Morgan fingerprint density at radius 1 is 0.423 bits per heavy atom. The van der Waals surface area contributed by atoms with E-state index in [1.165, 1.54) is 50.0 Å². The number of ether oxygens (including phenoxy) is 2. The summed E-state index contributed by atoms with van der Waals surface area (Å²) >= 11 is 28.0. The van der Waals surface area contributed by atoms with Crippen LogP contribution >= 0.6 is 106 Å². The van der Waals surface area contributed by atoms with Gasteiger partial charge in [0.25, 0.3) is 0 Å². The summed E-state index contributed by atoms with van der Waals surface area (Å²) in [5, 5.41) is 28.4. The number of halogens is 5. The van der Waals surface area contributed by atoms with Crippen molar-refractivity contribution in [2.45, 2.75) is 195 Å². The van der Waals surface area contributed by atoms with Gasteiger partial charge in [0.2, 0.25) is 0 Å². The number of rotatable bonds is 32. The number of carboxylic acids is 2. The maximum atomic E-state index is 12.4. The number of hydrogen-bond acceptors (Lipinski definition) is 19. The number of Topliss-reactive ketones (excluding diaryl/α,β-unsaturated/α-hetero) is 6. The van der Waals surface area contributed by atoms with Crippen molar-refractivity contribution in [3.63, 3.8) is 0 Å². The molecule has 0 bridgehead atoms. The predicted molar refractivity (Wildman–Crippen MR) is 575 cm³/mol. The molecule has 0 radical (unpaired) electrons. The number of anilines is 2. The zero-order chi connectivity index (χ0) is 99.5. The van der Waals surface area contributed by atoms with E-state index in [4.69, 9.17) is 72.5 Å². The second kappa shape index (κ2) is 60.5. The summed E-state index contributed by atoms with van der Waals surface area (Å²) in [6.07, 6.45) is 13.2. The van der Waals surface area contributed by atoms with Crippen LogP contribution in [0.4, 0.5) is 11.4 Å². The second-order valence-corrected chi connectivity index (χ2v) is 41.2. The van der Waals surface area contributed by atoms with E-state index in [0.29, 0.717) is 90.7 Å². The lowest BCUT2D eigenvalue weighted by Gasteiger charge is -2.11. The fourth-order valence-electron chi connectivity index (χ4n) is 14.4. The first-order valence-corrected chi connectivity index (χ1v) is 51.8. The lowest BCUT2D eigenvalue weighted by atomic mass is 9.95. The third-order valence-corrected chi connectivity index (χ3v) is 30.3. The number of methoxy groups -OCH3 is 2. The Morgan fingerprint density at radius 2 is 0.766 bits per heavy atom. The van der Waals surface area contributed by atoms with Crippen LogP contribution in [0.3, 0.4) is 0 Å². The lowest BCUT2D eigenvalue weighted by Crippen LogP contribution is -2.25. The zero-order valence-electron chi connectivity index (χ0n) is 78.6. The average Bonchev–Trinajstić information content (AvgIpc) is 1.35. The summed E-state index contributed by atoms with van der Waals surface area (Å²) in [5.74, 6) is 2.98. The van der Waals surface area contributed by atoms with Crippen LogP contribution in [0.25, 0.3) is 21.5 Å². The maximum Gasteiger partial charge on any atom is 0.307 e. The first-order chi connectivity index (χ1) is 64.9. The zero-order valence-corrected chi connectivity index (χ0v) is 86.4. The summed E-state index contributed by atoms with van der Waals surface area (Å²) in [6.45, 7) is 15.6. The number of nitrogens with two attached hydrogens (primary N) is 2. The molecule has 2 heterocycles. The Balaban J connectivity index is 0.000000241. The van der Waals surface area contributed by atoms with Crippen molar-refractivity contribution in [2.75, 3.05) is 37.2 Å². The van der Waals surface area contributed by atoms with Gasteiger partial charge in [-0.3, -0.25) is 33.6 Å². The molecule has 0 spiro atoms. The quantitative estimate of drug-likeness (QED) is 0.0153. The molecule has 2 saturated heterocycles. The molecule has 14 rings (SSSR count). The van der Waals surface area contributed by atoms with Gasteiger partial charge in [-0.2, -0.15) is 0 Å². The summed E-state index contributed by atoms with van der Waals surface area (Å²) in [5.41, 5.74) is 24.0. The highest BCUT2D eigenvalue weighted by atomic mass is 79.9. The average molecular weight is 2070 g/mol. The summed E-state index contributed by atoms with van der Waals surface area (Å²) in [6, 6.07) is 74.6. The number of carbonyl (C=O) groups is 10. The van der Waals surface area contributed by atoms with Crippen LogP contribution in [-0.2, 0) is 76.9 Å². The van der Waals surface area contributed by atoms with E-state index in [0.717, 1.165) is 124 Å². The monoisotopic (exact) mass is 2070 g/mol. The first kappa shape index (κ1) is 115. The van der Waals surface area contributed by atoms with Crippen LogP contribution in [-0.4, -0.2) is 99.5 Å². The number of hydrogen-bond donors (Lipinski definition) is 3. The van der Waals surface area contributed by atoms with Crippen molar-refractivity contribution in [3.05, 3.63) is 351 Å². The minimum Gasteiger partial charge on any atom is -0.550 e. The van der Waals surface area contributed by atoms with Gasteiger partial charge in [-0.15, -0.1) is 0 Å². The van der Waals surface area contributed by atoms with Gasteiger partial charge in [0.1, 0.15) is 46.2 Å². The van der Waals surface area contributed by atoms with Gasteiger partial charge in [-0.05, 0) is 249 Å². The number of nitrogen functional groups attached to an aromatic ring is 2. The molecule has 12 aromatic rings. The Labute approximate surface area is 851 Å². The smallest absolute Gasteiger partial charge is 0.307 e. The summed E-state index contributed by atoms with van der Waals surface area (Å²) < 4.78 is 11.2. The van der Waals surface area contributed by atoms with E-state index in [1.54, 1.807) is 129 Å². The van der Waals surface area contributed by atoms with E-state index in [-0.39, 0.29) is 78.2 Å². The van der Waals surface area contributed by atoms with Crippen LogP contribution in [0.5, 0.6) is 11.5 Å². The van der Waals surface area contributed by atoms with Crippen molar-refractivity contribution in [3.8, 4) is 11.5 Å². The van der Waals surface area contributed by atoms with Crippen molar-refractivity contribution in [1.82, 2.24) is 0 Å². The van der Waals surface area contributed by atoms with Crippen LogP contribution < -0.4 is 26.0 Å². The number of carbonyl (C=O) groups excluding carboxylic acids is 9. The van der Waals surface area contributed by atoms with E-state index in [2.05, 4.69) is 28.1 Å². The van der Waals surface area contributed by atoms with Crippen molar-refractivity contribution in [1.29, 1.82) is 0 Å². The standard InChI is InChI=1S/2C16H14Cl2O.C16H15NO3.C15H12BrNO3.2C15H16O2.2C9H16OS2.CH4/c2*1-11(19)9-12-5-2-3-6-13(12)10-14-15(17)7-4-8-16(14)18;1-10-5-7-11(8-6-10)16(20)13-4-2-3-12(15(13)17)9-14(18)19;16-11-6-4-9(5-7-11)15(20)12-3-1-2-10(14(12)17)8-13(18)19;2*1-10(11(2)16)12-4-5-14-9-15(17-3)7-6-13(14)8-12;2*1-8(10)4-2-3-5-9-6-7-11-12-9;/h2*2-8H,9-10H2,1H3;2-8H,9,17H2,1H3,(H,18,19);1-7H,8,17H2,(H,18,19);2*4-10H,1-3H3;2*9H,2-7H2,1H3;1H4/p-1/t;;;;2*10-;2*9-;/m....1111./s1. The SMILES string of the molecule is C.CC(=O)CCCC[C@@H]1CCSS1.CC(=O)CCCC[C@@H]1CCSS1.CC(=O)Cc1ccccc1Cc1c(Cl)cccc1Cl.CC(=O)Cc1ccccc1Cc1c(Cl)cccc1Cl.COc1ccc2cc([C@H](C)C(C)=O)ccc2c1.COc1ccc2cc([C@H](C)C(C)=O)ccc2c1.Cc1ccc(C(=O)c2cccc(CC(=O)[O-])c2N)cc1.Nc1c(CC(=O)O)cccc1C(=O)c1ccc(Br)cc1. The molecule has 724 valence electrons. The number of ketones is 8. The van der Waals surface area contributed by atoms with E-state index in [1.807, 2.05) is 222 Å². The fourth-order valence-corrected chi connectivity index (χ4v) is 21.7. The molecule has 5 N–H and O–H groups in total. The molecule has 0 unspecified atom stereocenters. The Hall–Kier alpha value is -10.3. The third-order valence-electron chi connectivity index (χ3n) is 22.4. The van der Waals surface area contributed by atoms with Gasteiger partial charge in [0.15, 0.2) is 11.6 Å². The van der Waals surface area contributed by atoms with E-state index >= 15 is 0 Å². The Morgan fingerprint density at radius 3 is 1.10 bits per heavy atom. The molecule has 0 amide bonds. The lowest BCUT2D eigenvalue weighted by molar-refractivity contribution is -0.304. The molecule has 0 saturated carbocycles. The molecule has 2 fully saturated rings. The number of carboxylic acid groups (broad SMARTS) is 2. The van der Waals surface area contributed by atoms with Gasteiger partial charge in [0.05, 0.1) is 20.6 Å². The Bertz CT molecular complexity index is 5660. The minimum absolute atomic E-state index is 0. The van der Waals surface area contributed by atoms with Gasteiger partial charge in [-0.1, -0.05) is 303 Å². The first-order valence-electron chi connectivity index (χ1n) is 44.7. The highest BCUT2D eigenvalue weighted by Crippen LogP contribution is 2.42. The molecule has 16 nitrogen and oxygen atoms in total. The predicted octanol–water partition coefficient (Wildman–Crippen LogP) is 27.7. The molecule has 12 aromatic carbocycles. The van der Waals surface area contributed by atoms with Crippen LogP contribution in [0.2, 0.25) is 20.1 Å². The van der Waals surface area contributed by atoms with Crippen molar-refractivity contribution < 1.29 is 67.6 Å². The molecular weight excluding hydrogens is 1950 g/mol. The highest BCUT2D eigenvalue weighted by Gasteiger charge is 2.22. The highest BCUT2D eigenvalue weighted by molar-refractivity contribution is 9.10. The largest absolute Gasteiger partial charge is 0.550 e. The van der Waals surface area contributed by atoms with Crippen molar-refractivity contribution in [2.24, 2.45) is 0 Å². The molecule has 137 heavy (non-hydrogen) atoms. The fraction of sp³-hybridized carbons (Fsp3) is 0.304. The molecular formula is C112H122BrCl4N2O14S4-. The molecule has 0 aromatic heterocycles. The number of aliphatic carboxylic acids is 2. The van der Waals surface area contributed by atoms with Crippen LogP contribution in [0.15, 0.2) is 247 Å². The van der Waals surface area contributed by atoms with Gasteiger partial charge in [0, 0.05) is 143 Å². The topological polar surface area (TPSA) is 284 Å². The van der Waals surface area contributed by atoms with Crippen molar-refractivity contribution >= 4 is 197 Å². The van der Waals surface area contributed by atoms with E-state index < -0.39 is 11.9 Å². The number of aryl methyl sites for hydroxylation is 1. The van der Waals surface area contributed by atoms with E-state index in [9.17, 15) is 53.1 Å². The summed E-state index contributed by atoms with van der Waals surface area (Å²) in [7, 11) is 11.4. The van der Waals surface area contributed by atoms with Crippen LogP contribution in [0, 0.1) is 6.92 Å². The number of para-hydroxylation sites is 2. The molecule has 0 aliphatic carbocycles. The van der Waals surface area contributed by atoms with Gasteiger partial charge >= 0.3 is 5.97 Å². The molecule has 2 aliphatic heterocycles. The third kappa shape index (κ3) is 39.8. The van der Waals surface area contributed by atoms with Crippen LogP contribution in [0.1, 0.15) is 232 Å². The Kier molecular flexibility index (Phi) is 51.0. The normalized spacial score (nSPS) is 13.0. The molecule has 4 atom stereocenters. The molecule has 25 heteroatoms. The number of benzene rings is 12. The van der Waals surface area contributed by atoms with Gasteiger partial charge in [-0.25, -0.2) is 0 Å². The van der Waals surface area contributed by atoms with Gasteiger partial charge < -0.3 is 45.5 Å². The summed E-state index contributed by atoms with van der Waals surface area (Å²) in [4.78, 5) is 113. The number of unbranched alkanes of at least 4 members (excludes halogenated alkanes) is 2. The number of fused-ring (bicyclic) bond motifs is 2.